The SMILES string of the molecule is COc1cc([C@H]2Nc3c(C)cc(C)cc3[C@H]3OCCC[C@@H]23)cc(Cl)c1OC. The summed E-state index contributed by atoms with van der Waals surface area (Å²) in [7, 11) is 3.25. The standard InChI is InChI=1S/C22H26ClNO3/c1-12-8-13(2)19-16(9-12)21-15(6-5-7-27-21)20(24-19)14-10-17(23)22(26-4)18(11-14)25-3/h8-11,15,20-21,24H,5-7H2,1-4H3/t15-,20+,21-/m0/s1. The lowest BCUT2D eigenvalue weighted by Crippen LogP contribution is -2.36. The number of ether oxygens (including phenoxy) is 3. The first kappa shape index (κ1) is 18.5. The summed E-state index contributed by atoms with van der Waals surface area (Å²) >= 11 is 6.50. The van der Waals surface area contributed by atoms with E-state index < -0.39 is 0 Å². The predicted molar refractivity (Wildman–Crippen MR) is 108 cm³/mol. The normalized spacial score (nSPS) is 23.8. The molecule has 1 saturated heterocycles. The molecule has 0 unspecified atom stereocenters. The largest absolute Gasteiger partial charge is 0.493 e. The van der Waals surface area contributed by atoms with Gasteiger partial charge in [0.25, 0.3) is 0 Å². The number of hydrogen-bond acceptors (Lipinski definition) is 4. The second-order valence-electron chi connectivity index (χ2n) is 7.50. The first-order valence-electron chi connectivity index (χ1n) is 9.44. The smallest absolute Gasteiger partial charge is 0.179 e. The van der Waals surface area contributed by atoms with Crippen molar-refractivity contribution < 1.29 is 14.2 Å². The first-order valence-corrected chi connectivity index (χ1v) is 9.82. The highest BCUT2D eigenvalue weighted by molar-refractivity contribution is 6.32. The Morgan fingerprint density at radius 1 is 1.11 bits per heavy atom. The summed E-state index contributed by atoms with van der Waals surface area (Å²) in [6.07, 6.45) is 2.28. The van der Waals surface area contributed by atoms with Crippen molar-refractivity contribution in [2.45, 2.75) is 38.8 Å². The van der Waals surface area contributed by atoms with Crippen LogP contribution in [0.2, 0.25) is 5.02 Å². The number of aryl methyl sites for hydroxylation is 2. The van der Waals surface area contributed by atoms with Crippen LogP contribution < -0.4 is 14.8 Å². The first-order chi connectivity index (χ1) is 13.0. The molecule has 2 aliphatic rings. The van der Waals surface area contributed by atoms with Gasteiger partial charge in [0.15, 0.2) is 11.5 Å². The number of fused-ring (bicyclic) bond motifs is 3. The van der Waals surface area contributed by atoms with Gasteiger partial charge in [0.1, 0.15) is 0 Å². The summed E-state index contributed by atoms with van der Waals surface area (Å²) in [5, 5.41) is 4.35. The van der Waals surface area contributed by atoms with Gasteiger partial charge in [-0.15, -0.1) is 0 Å². The molecule has 144 valence electrons. The van der Waals surface area contributed by atoms with E-state index in [9.17, 15) is 0 Å². The fourth-order valence-electron chi connectivity index (χ4n) is 4.60. The number of halogens is 1. The monoisotopic (exact) mass is 387 g/mol. The number of anilines is 1. The van der Waals surface area contributed by atoms with Crippen LogP contribution in [0, 0.1) is 19.8 Å². The highest BCUT2D eigenvalue weighted by atomic mass is 35.5. The zero-order valence-electron chi connectivity index (χ0n) is 16.3. The van der Waals surface area contributed by atoms with Crippen LogP contribution in [-0.2, 0) is 4.74 Å². The molecule has 2 aliphatic heterocycles. The summed E-state index contributed by atoms with van der Waals surface area (Å²) in [5.41, 5.74) is 6.08. The maximum absolute atomic E-state index is 6.50. The fourth-order valence-corrected chi connectivity index (χ4v) is 4.89. The molecule has 0 aromatic heterocycles. The van der Waals surface area contributed by atoms with E-state index in [4.69, 9.17) is 25.8 Å². The van der Waals surface area contributed by atoms with E-state index in [0.717, 1.165) is 25.0 Å². The minimum absolute atomic E-state index is 0.102. The Bertz CT molecular complexity index is 867. The van der Waals surface area contributed by atoms with E-state index in [1.807, 2.05) is 12.1 Å². The van der Waals surface area contributed by atoms with Gasteiger partial charge in [-0.1, -0.05) is 29.3 Å². The average Bonchev–Trinajstić information content (AvgIpc) is 2.66. The molecule has 1 N–H and O–H groups in total. The van der Waals surface area contributed by atoms with Crippen molar-refractivity contribution in [1.29, 1.82) is 0 Å². The molecule has 2 aromatic rings. The van der Waals surface area contributed by atoms with Crippen molar-refractivity contribution >= 4 is 17.3 Å². The zero-order valence-corrected chi connectivity index (χ0v) is 17.0. The third kappa shape index (κ3) is 3.15. The Morgan fingerprint density at radius 2 is 1.93 bits per heavy atom. The van der Waals surface area contributed by atoms with Crippen molar-refractivity contribution in [2.75, 3.05) is 26.1 Å². The van der Waals surface area contributed by atoms with Crippen molar-refractivity contribution in [2.24, 2.45) is 5.92 Å². The zero-order chi connectivity index (χ0) is 19.1. The topological polar surface area (TPSA) is 39.7 Å². The van der Waals surface area contributed by atoms with Crippen LogP contribution in [-0.4, -0.2) is 20.8 Å². The van der Waals surface area contributed by atoms with Gasteiger partial charge in [-0.05, 0) is 49.9 Å². The van der Waals surface area contributed by atoms with Crippen LogP contribution in [0.3, 0.4) is 0 Å². The van der Waals surface area contributed by atoms with Crippen LogP contribution in [0.5, 0.6) is 11.5 Å². The second kappa shape index (κ2) is 7.25. The summed E-state index contributed by atoms with van der Waals surface area (Å²) in [4.78, 5) is 0. The minimum atomic E-state index is 0.102. The number of nitrogens with one attached hydrogen (secondary N) is 1. The van der Waals surface area contributed by atoms with Gasteiger partial charge in [-0.25, -0.2) is 0 Å². The number of rotatable bonds is 3. The molecule has 0 spiro atoms. The Labute approximate surface area is 165 Å². The van der Waals surface area contributed by atoms with Gasteiger partial charge in [0.2, 0.25) is 0 Å². The molecule has 0 bridgehead atoms. The molecule has 4 nitrogen and oxygen atoms in total. The number of benzene rings is 2. The average molecular weight is 388 g/mol. The highest BCUT2D eigenvalue weighted by Crippen LogP contribution is 2.51. The maximum Gasteiger partial charge on any atom is 0.179 e. The second-order valence-corrected chi connectivity index (χ2v) is 7.91. The van der Waals surface area contributed by atoms with Gasteiger partial charge in [-0.3, -0.25) is 0 Å². The summed E-state index contributed by atoms with van der Waals surface area (Å²) in [6.45, 7) is 5.11. The predicted octanol–water partition coefficient (Wildman–Crippen LogP) is 5.61. The number of hydrogen-bond donors (Lipinski definition) is 1. The summed E-state index contributed by atoms with van der Waals surface area (Å²) in [6, 6.07) is 8.61. The molecule has 0 radical (unpaired) electrons. The fraction of sp³-hybridized carbons (Fsp3) is 0.455. The van der Waals surface area contributed by atoms with Crippen LogP contribution in [0.1, 0.15) is 47.2 Å². The molecule has 2 heterocycles. The Kier molecular flexibility index (Phi) is 4.95. The van der Waals surface area contributed by atoms with E-state index >= 15 is 0 Å². The van der Waals surface area contributed by atoms with Crippen molar-refractivity contribution in [1.82, 2.24) is 0 Å². The van der Waals surface area contributed by atoms with Crippen molar-refractivity contribution in [3.05, 3.63) is 51.5 Å². The van der Waals surface area contributed by atoms with Crippen LogP contribution >= 0.6 is 11.6 Å². The molecular weight excluding hydrogens is 362 g/mol. The Hall–Kier alpha value is -1.91. The molecule has 1 fully saturated rings. The Morgan fingerprint density at radius 3 is 2.67 bits per heavy atom. The van der Waals surface area contributed by atoms with Gasteiger partial charge in [0.05, 0.1) is 31.4 Å². The van der Waals surface area contributed by atoms with Crippen LogP contribution in [0.4, 0.5) is 5.69 Å². The number of methoxy groups -OCH3 is 2. The van der Waals surface area contributed by atoms with Crippen LogP contribution in [0.25, 0.3) is 0 Å². The van der Waals surface area contributed by atoms with E-state index in [-0.39, 0.29) is 12.1 Å². The summed E-state index contributed by atoms with van der Waals surface area (Å²) in [5.74, 6) is 1.57. The van der Waals surface area contributed by atoms with Crippen molar-refractivity contribution in [3.8, 4) is 11.5 Å². The molecule has 4 rings (SSSR count). The molecular formula is C22H26ClNO3. The lowest BCUT2D eigenvalue weighted by atomic mass is 9.76. The third-order valence-electron chi connectivity index (χ3n) is 5.73. The molecule has 0 aliphatic carbocycles. The van der Waals surface area contributed by atoms with E-state index in [2.05, 4.69) is 31.3 Å². The van der Waals surface area contributed by atoms with Crippen LogP contribution in [0.15, 0.2) is 24.3 Å². The molecule has 2 aromatic carbocycles. The molecule has 0 saturated carbocycles. The van der Waals surface area contributed by atoms with Gasteiger partial charge >= 0.3 is 0 Å². The molecule has 5 heteroatoms. The molecule has 27 heavy (non-hydrogen) atoms. The van der Waals surface area contributed by atoms with E-state index in [0.29, 0.717) is 22.4 Å². The lowest BCUT2D eigenvalue weighted by molar-refractivity contribution is -0.0382. The van der Waals surface area contributed by atoms with E-state index in [1.54, 1.807) is 14.2 Å². The van der Waals surface area contributed by atoms with Gasteiger partial charge in [0, 0.05) is 23.8 Å². The Balaban J connectivity index is 1.82. The lowest BCUT2D eigenvalue weighted by Gasteiger charge is -2.44. The molecule has 0 amide bonds. The van der Waals surface area contributed by atoms with E-state index in [1.165, 1.54) is 22.4 Å². The highest BCUT2D eigenvalue weighted by Gasteiger charge is 2.40. The van der Waals surface area contributed by atoms with Gasteiger partial charge in [-0.2, -0.15) is 0 Å². The third-order valence-corrected chi connectivity index (χ3v) is 6.01. The maximum atomic E-state index is 6.50. The quantitative estimate of drug-likeness (QED) is 0.743. The minimum Gasteiger partial charge on any atom is -0.493 e. The van der Waals surface area contributed by atoms with Crippen molar-refractivity contribution in [3.63, 3.8) is 0 Å². The summed E-state index contributed by atoms with van der Waals surface area (Å²) < 4.78 is 17.2. The molecule has 3 atom stereocenters. The van der Waals surface area contributed by atoms with Gasteiger partial charge < -0.3 is 19.5 Å².